The van der Waals surface area contributed by atoms with Gasteiger partial charge < -0.3 is 4.90 Å². The van der Waals surface area contributed by atoms with Gasteiger partial charge in [-0.1, -0.05) is 0 Å². The molecule has 2 heterocycles. The second kappa shape index (κ2) is 6.83. The van der Waals surface area contributed by atoms with Crippen molar-refractivity contribution in [3.63, 3.8) is 0 Å². The number of aromatic nitrogens is 2. The highest BCUT2D eigenvalue weighted by molar-refractivity contribution is 5.77. The van der Waals surface area contributed by atoms with Gasteiger partial charge in [0.05, 0.1) is 11.9 Å². The van der Waals surface area contributed by atoms with Gasteiger partial charge in [0.1, 0.15) is 5.82 Å². The number of carbonyl (C=O) groups is 1. The monoisotopic (exact) mass is 356 g/mol. The molecule has 2 aromatic rings. The molecule has 6 heteroatoms. The van der Waals surface area contributed by atoms with Crippen LogP contribution in [0, 0.1) is 17.7 Å². The third-order valence-corrected chi connectivity index (χ3v) is 6.08. The highest BCUT2D eigenvalue weighted by Gasteiger charge is 2.41. The average Bonchev–Trinajstić information content (AvgIpc) is 3.23. The lowest BCUT2D eigenvalue weighted by atomic mass is 9.88. The molecule has 1 saturated heterocycles. The normalized spacial score (nSPS) is 25.8. The van der Waals surface area contributed by atoms with Crippen molar-refractivity contribution in [1.82, 2.24) is 20.0 Å². The molecule has 1 amide bonds. The molecule has 5 nitrogen and oxygen atoms in total. The SMILES string of the molecule is CN1C[C@@H]2C[C@H](N(C)Cc3cn[nH]c3-c3ccc(F)cc3)C[C@@H]2CC1=O. The number of aromatic amines is 1. The van der Waals surface area contributed by atoms with Crippen molar-refractivity contribution < 1.29 is 9.18 Å². The second-order valence-electron chi connectivity index (χ2n) is 7.82. The van der Waals surface area contributed by atoms with Crippen LogP contribution in [0.25, 0.3) is 11.3 Å². The van der Waals surface area contributed by atoms with Gasteiger partial charge in [0, 0.05) is 43.7 Å². The quantitative estimate of drug-likeness (QED) is 0.916. The summed E-state index contributed by atoms with van der Waals surface area (Å²) in [4.78, 5) is 16.2. The molecule has 3 atom stereocenters. The number of rotatable bonds is 4. The van der Waals surface area contributed by atoms with Gasteiger partial charge in [-0.05, 0) is 56.0 Å². The van der Waals surface area contributed by atoms with Crippen molar-refractivity contribution >= 4 is 5.91 Å². The maximum Gasteiger partial charge on any atom is 0.222 e. The lowest BCUT2D eigenvalue weighted by Crippen LogP contribution is -2.39. The van der Waals surface area contributed by atoms with Crippen molar-refractivity contribution in [2.45, 2.75) is 31.8 Å². The number of halogens is 1. The van der Waals surface area contributed by atoms with Crippen molar-refractivity contribution in [2.24, 2.45) is 11.8 Å². The van der Waals surface area contributed by atoms with Crippen LogP contribution in [0.15, 0.2) is 30.5 Å². The van der Waals surface area contributed by atoms with Gasteiger partial charge in [-0.15, -0.1) is 0 Å². The zero-order chi connectivity index (χ0) is 18.3. The van der Waals surface area contributed by atoms with Crippen LogP contribution in [0.5, 0.6) is 0 Å². The number of likely N-dealkylation sites (tertiary alicyclic amines) is 1. The third kappa shape index (κ3) is 3.26. The van der Waals surface area contributed by atoms with E-state index in [4.69, 9.17) is 0 Å². The molecular weight excluding hydrogens is 331 g/mol. The van der Waals surface area contributed by atoms with E-state index in [0.29, 0.717) is 24.3 Å². The molecule has 2 aliphatic rings. The Hall–Kier alpha value is -2.21. The number of carbonyl (C=O) groups excluding carboxylic acids is 1. The maximum absolute atomic E-state index is 13.2. The molecule has 138 valence electrons. The first-order valence-electron chi connectivity index (χ1n) is 9.23. The van der Waals surface area contributed by atoms with Gasteiger partial charge in [-0.2, -0.15) is 5.10 Å². The summed E-state index contributed by atoms with van der Waals surface area (Å²) >= 11 is 0. The van der Waals surface area contributed by atoms with Gasteiger partial charge >= 0.3 is 0 Å². The van der Waals surface area contributed by atoms with E-state index in [2.05, 4.69) is 22.1 Å². The number of nitrogens with zero attached hydrogens (tertiary/aromatic N) is 3. The number of fused-ring (bicyclic) bond motifs is 1. The summed E-state index contributed by atoms with van der Waals surface area (Å²) in [5, 5.41) is 7.24. The zero-order valence-electron chi connectivity index (χ0n) is 15.3. The van der Waals surface area contributed by atoms with E-state index in [1.807, 2.05) is 18.1 Å². The van der Waals surface area contributed by atoms with E-state index in [-0.39, 0.29) is 11.7 Å². The largest absolute Gasteiger partial charge is 0.345 e. The topological polar surface area (TPSA) is 52.2 Å². The smallest absolute Gasteiger partial charge is 0.222 e. The van der Waals surface area contributed by atoms with E-state index >= 15 is 0 Å². The summed E-state index contributed by atoms with van der Waals surface area (Å²) in [5.41, 5.74) is 3.00. The Morgan fingerprint density at radius 3 is 2.77 bits per heavy atom. The summed E-state index contributed by atoms with van der Waals surface area (Å²) in [6.45, 7) is 1.68. The number of hydrogen-bond donors (Lipinski definition) is 1. The molecule has 0 spiro atoms. The predicted molar refractivity (Wildman–Crippen MR) is 97.7 cm³/mol. The van der Waals surface area contributed by atoms with Crippen LogP contribution in [0.2, 0.25) is 0 Å². The lowest BCUT2D eigenvalue weighted by Gasteiger charge is -2.31. The van der Waals surface area contributed by atoms with Crippen LogP contribution >= 0.6 is 0 Å². The molecule has 4 rings (SSSR count). The Morgan fingerprint density at radius 2 is 2.00 bits per heavy atom. The van der Waals surface area contributed by atoms with Crippen molar-refractivity contribution in [2.75, 3.05) is 20.6 Å². The van der Waals surface area contributed by atoms with Gasteiger partial charge in [-0.3, -0.25) is 14.8 Å². The van der Waals surface area contributed by atoms with Crippen molar-refractivity contribution in [3.05, 3.63) is 41.8 Å². The Bertz CT molecular complexity index is 787. The number of H-pyrrole nitrogens is 1. The number of piperidine rings is 1. The number of nitrogens with one attached hydrogen (secondary N) is 1. The molecule has 0 radical (unpaired) electrons. The first kappa shape index (κ1) is 17.2. The van der Waals surface area contributed by atoms with Gasteiger partial charge in [0.15, 0.2) is 0 Å². The maximum atomic E-state index is 13.2. The average molecular weight is 356 g/mol. The van der Waals surface area contributed by atoms with E-state index in [1.165, 1.54) is 12.1 Å². The molecule has 1 aliphatic heterocycles. The van der Waals surface area contributed by atoms with Crippen LogP contribution in [-0.4, -0.2) is 52.6 Å². The Kier molecular flexibility index (Phi) is 4.53. The van der Waals surface area contributed by atoms with E-state index in [9.17, 15) is 9.18 Å². The highest BCUT2D eigenvalue weighted by Crippen LogP contribution is 2.40. The Morgan fingerprint density at radius 1 is 1.27 bits per heavy atom. The fourth-order valence-electron chi connectivity index (χ4n) is 4.54. The summed E-state index contributed by atoms with van der Waals surface area (Å²) in [6, 6.07) is 6.98. The first-order chi connectivity index (χ1) is 12.5. The van der Waals surface area contributed by atoms with Crippen LogP contribution in [0.1, 0.15) is 24.8 Å². The Balaban J connectivity index is 1.45. The number of benzene rings is 1. The zero-order valence-corrected chi connectivity index (χ0v) is 15.3. The summed E-state index contributed by atoms with van der Waals surface area (Å²) in [7, 11) is 4.06. The van der Waals surface area contributed by atoms with E-state index in [0.717, 1.165) is 42.8 Å². The van der Waals surface area contributed by atoms with Crippen molar-refractivity contribution in [1.29, 1.82) is 0 Å². The van der Waals surface area contributed by atoms with Crippen LogP contribution in [0.4, 0.5) is 4.39 Å². The second-order valence-corrected chi connectivity index (χ2v) is 7.82. The minimum absolute atomic E-state index is 0.236. The van der Waals surface area contributed by atoms with E-state index in [1.54, 1.807) is 12.1 Å². The number of amides is 1. The van der Waals surface area contributed by atoms with Crippen molar-refractivity contribution in [3.8, 4) is 11.3 Å². The summed E-state index contributed by atoms with van der Waals surface area (Å²) in [6.07, 6.45) is 4.78. The van der Waals surface area contributed by atoms with Gasteiger partial charge in [0.2, 0.25) is 5.91 Å². The highest BCUT2D eigenvalue weighted by atomic mass is 19.1. The molecule has 0 unspecified atom stereocenters. The minimum atomic E-state index is -0.236. The predicted octanol–water partition coefficient (Wildman–Crippen LogP) is 2.90. The van der Waals surface area contributed by atoms with E-state index < -0.39 is 0 Å². The van der Waals surface area contributed by atoms with Gasteiger partial charge in [-0.25, -0.2) is 4.39 Å². The van der Waals surface area contributed by atoms with Crippen LogP contribution in [-0.2, 0) is 11.3 Å². The van der Waals surface area contributed by atoms with Crippen LogP contribution in [0.3, 0.4) is 0 Å². The Labute approximate surface area is 153 Å². The fraction of sp³-hybridized carbons (Fsp3) is 0.500. The fourth-order valence-corrected chi connectivity index (χ4v) is 4.54. The molecule has 2 fully saturated rings. The lowest BCUT2D eigenvalue weighted by molar-refractivity contribution is -0.134. The molecular formula is C20H25FN4O. The molecule has 1 saturated carbocycles. The standard InChI is InChI=1S/C20H25FN4O/c1-24(18-7-14-9-19(26)25(2)11-15(14)8-18)12-16-10-22-23-20(16)13-3-5-17(21)6-4-13/h3-6,10,14-15,18H,7-9,11-12H2,1-2H3,(H,22,23)/t14-,15+,18-/m1/s1. The minimum Gasteiger partial charge on any atom is -0.345 e. The number of hydrogen-bond acceptors (Lipinski definition) is 3. The van der Waals surface area contributed by atoms with Crippen LogP contribution < -0.4 is 0 Å². The molecule has 1 aromatic carbocycles. The van der Waals surface area contributed by atoms with Gasteiger partial charge in [0.25, 0.3) is 0 Å². The molecule has 26 heavy (non-hydrogen) atoms. The summed E-state index contributed by atoms with van der Waals surface area (Å²) < 4.78 is 13.2. The molecule has 0 bridgehead atoms. The molecule has 1 aliphatic carbocycles. The molecule has 1 N–H and O–H groups in total. The first-order valence-corrected chi connectivity index (χ1v) is 9.23. The third-order valence-electron chi connectivity index (χ3n) is 6.08. The molecule has 1 aromatic heterocycles. The summed E-state index contributed by atoms with van der Waals surface area (Å²) in [5.74, 6) is 1.18.